The summed E-state index contributed by atoms with van der Waals surface area (Å²) in [5.41, 5.74) is -0.977. The second-order valence-corrected chi connectivity index (χ2v) is 7.69. The van der Waals surface area contributed by atoms with E-state index in [-0.39, 0.29) is 10.8 Å². The Morgan fingerprint density at radius 1 is 1.42 bits per heavy atom. The number of nitrogens with zero attached hydrogens (tertiary/aromatic N) is 4. The maximum Gasteiger partial charge on any atom is 0.417 e. The van der Waals surface area contributed by atoms with Gasteiger partial charge in [0.2, 0.25) is 5.91 Å². The van der Waals surface area contributed by atoms with E-state index in [1.165, 1.54) is 11.8 Å². The van der Waals surface area contributed by atoms with Gasteiger partial charge in [-0.3, -0.25) is 4.79 Å². The van der Waals surface area contributed by atoms with Crippen molar-refractivity contribution in [1.82, 2.24) is 19.7 Å². The van der Waals surface area contributed by atoms with E-state index in [1.807, 2.05) is 11.6 Å². The largest absolute Gasteiger partial charge is 0.417 e. The summed E-state index contributed by atoms with van der Waals surface area (Å²) in [5, 5.41) is 10.4. The number of anilines is 1. The van der Waals surface area contributed by atoms with Gasteiger partial charge in [0.05, 0.1) is 15.8 Å². The summed E-state index contributed by atoms with van der Waals surface area (Å²) in [6, 6.07) is 0.729. The molecule has 0 aromatic carbocycles. The third kappa shape index (κ3) is 4.12. The number of amides is 1. The highest BCUT2D eigenvalue weighted by Gasteiger charge is 2.32. The minimum atomic E-state index is -4.55. The molecule has 0 radical (unpaired) electrons. The molecule has 1 aliphatic carbocycles. The van der Waals surface area contributed by atoms with Crippen LogP contribution in [0.4, 0.5) is 19.0 Å². The van der Waals surface area contributed by atoms with Crippen molar-refractivity contribution in [2.75, 3.05) is 5.32 Å². The Labute approximate surface area is 156 Å². The summed E-state index contributed by atoms with van der Waals surface area (Å²) < 4.78 is 39.7. The lowest BCUT2D eigenvalue weighted by atomic mass is 10.2. The molecule has 1 atom stereocenters. The molecule has 2 heterocycles. The Hall–Kier alpha value is -1.81. The quantitative estimate of drug-likeness (QED) is 0.764. The van der Waals surface area contributed by atoms with Gasteiger partial charge in [0.25, 0.3) is 0 Å². The number of halogens is 4. The molecule has 3 rings (SSSR count). The first-order valence-corrected chi connectivity index (χ1v) is 9.02. The number of carbonyl (C=O) groups is 1. The predicted molar refractivity (Wildman–Crippen MR) is 91.2 cm³/mol. The summed E-state index contributed by atoms with van der Waals surface area (Å²) in [5.74, 6) is 0.766. The summed E-state index contributed by atoms with van der Waals surface area (Å²) in [6.07, 6.45) is -1.74. The van der Waals surface area contributed by atoms with Crippen LogP contribution < -0.4 is 5.32 Å². The van der Waals surface area contributed by atoms with E-state index in [1.54, 1.807) is 6.92 Å². The maximum absolute atomic E-state index is 12.6. The molecule has 2 aromatic rings. The van der Waals surface area contributed by atoms with Crippen LogP contribution in [0, 0.1) is 0 Å². The van der Waals surface area contributed by atoms with Gasteiger partial charge >= 0.3 is 6.18 Å². The SMILES string of the molecule is C[C@H](Sc1nnc(C2CC2)n1C)C(=O)Nc1ncc(C(F)(F)F)cc1Cl. The molecule has 0 spiro atoms. The molecule has 0 bridgehead atoms. The van der Waals surface area contributed by atoms with Gasteiger partial charge in [-0.2, -0.15) is 13.2 Å². The fourth-order valence-electron chi connectivity index (χ4n) is 2.24. The van der Waals surface area contributed by atoms with Crippen molar-refractivity contribution in [2.24, 2.45) is 7.05 Å². The second-order valence-electron chi connectivity index (χ2n) is 5.98. The molecule has 0 unspecified atom stereocenters. The number of rotatable bonds is 5. The lowest BCUT2D eigenvalue weighted by Gasteiger charge is -2.13. The molecule has 1 aliphatic rings. The summed E-state index contributed by atoms with van der Waals surface area (Å²) in [4.78, 5) is 15.9. The average Bonchev–Trinajstić information content (AvgIpc) is 3.33. The second kappa shape index (κ2) is 7.07. The highest BCUT2D eigenvalue weighted by atomic mass is 35.5. The Morgan fingerprint density at radius 3 is 2.69 bits per heavy atom. The van der Waals surface area contributed by atoms with Crippen LogP contribution in [0.2, 0.25) is 5.02 Å². The van der Waals surface area contributed by atoms with Crippen molar-refractivity contribution in [3.63, 3.8) is 0 Å². The molecule has 6 nitrogen and oxygen atoms in total. The molecule has 0 saturated heterocycles. The van der Waals surface area contributed by atoms with Crippen molar-refractivity contribution < 1.29 is 18.0 Å². The number of aromatic nitrogens is 4. The molecule has 11 heteroatoms. The number of hydrogen-bond acceptors (Lipinski definition) is 5. The van der Waals surface area contributed by atoms with Crippen molar-refractivity contribution in [2.45, 2.75) is 42.3 Å². The van der Waals surface area contributed by atoms with E-state index in [0.29, 0.717) is 17.3 Å². The third-order valence-electron chi connectivity index (χ3n) is 3.87. The van der Waals surface area contributed by atoms with Crippen LogP contribution >= 0.6 is 23.4 Å². The predicted octanol–water partition coefficient (Wildman–Crippen LogP) is 3.88. The highest BCUT2D eigenvalue weighted by molar-refractivity contribution is 8.00. The topological polar surface area (TPSA) is 72.7 Å². The summed E-state index contributed by atoms with van der Waals surface area (Å²) in [6.45, 7) is 1.66. The van der Waals surface area contributed by atoms with Crippen LogP contribution in [0.5, 0.6) is 0 Å². The summed E-state index contributed by atoms with van der Waals surface area (Å²) in [7, 11) is 1.84. The van der Waals surface area contributed by atoms with E-state index in [0.717, 1.165) is 24.7 Å². The first-order chi connectivity index (χ1) is 12.2. The van der Waals surface area contributed by atoms with Crippen LogP contribution in [0.25, 0.3) is 0 Å². The smallest absolute Gasteiger partial charge is 0.309 e. The van der Waals surface area contributed by atoms with Crippen molar-refractivity contribution >= 4 is 35.1 Å². The van der Waals surface area contributed by atoms with Crippen LogP contribution in [-0.4, -0.2) is 30.9 Å². The van der Waals surface area contributed by atoms with Gasteiger partial charge in [0, 0.05) is 19.2 Å². The Balaban J connectivity index is 1.66. The van der Waals surface area contributed by atoms with Gasteiger partial charge in [-0.1, -0.05) is 23.4 Å². The zero-order valence-corrected chi connectivity index (χ0v) is 15.4. The lowest BCUT2D eigenvalue weighted by molar-refractivity contribution is -0.137. The first-order valence-electron chi connectivity index (χ1n) is 7.76. The molecule has 1 saturated carbocycles. The minimum Gasteiger partial charge on any atom is -0.309 e. The van der Waals surface area contributed by atoms with Crippen LogP contribution in [0.1, 0.15) is 37.1 Å². The van der Waals surface area contributed by atoms with Crippen LogP contribution in [-0.2, 0) is 18.0 Å². The van der Waals surface area contributed by atoms with Gasteiger partial charge in [0.15, 0.2) is 11.0 Å². The molecule has 1 amide bonds. The van der Waals surface area contributed by atoms with Crippen molar-refractivity contribution in [3.8, 4) is 0 Å². The molecule has 2 aromatic heterocycles. The molecule has 0 aliphatic heterocycles. The van der Waals surface area contributed by atoms with E-state index >= 15 is 0 Å². The normalized spacial score (nSPS) is 15.8. The molecular weight excluding hydrogens is 391 g/mol. The highest BCUT2D eigenvalue weighted by Crippen LogP contribution is 2.40. The van der Waals surface area contributed by atoms with E-state index < -0.39 is 22.9 Å². The monoisotopic (exact) mass is 405 g/mol. The lowest BCUT2D eigenvalue weighted by Crippen LogP contribution is -2.23. The van der Waals surface area contributed by atoms with Gasteiger partial charge < -0.3 is 9.88 Å². The average molecular weight is 406 g/mol. The Bertz CT molecular complexity index is 837. The number of alkyl halides is 3. The number of carbonyl (C=O) groups excluding carboxylic acids is 1. The minimum absolute atomic E-state index is 0.117. The zero-order valence-electron chi connectivity index (χ0n) is 13.8. The zero-order chi connectivity index (χ0) is 19.1. The maximum atomic E-state index is 12.6. The molecule has 1 fully saturated rings. The van der Waals surface area contributed by atoms with Gasteiger partial charge in [0.1, 0.15) is 5.82 Å². The van der Waals surface area contributed by atoms with Crippen molar-refractivity contribution in [1.29, 1.82) is 0 Å². The number of pyridine rings is 1. The van der Waals surface area contributed by atoms with E-state index in [2.05, 4.69) is 20.5 Å². The van der Waals surface area contributed by atoms with Gasteiger partial charge in [-0.25, -0.2) is 4.98 Å². The fourth-order valence-corrected chi connectivity index (χ4v) is 3.28. The Kier molecular flexibility index (Phi) is 5.16. The molecule has 1 N–H and O–H groups in total. The standard InChI is InChI=1S/C15H15ClF3N5OS/c1-7(26-14-23-22-12(24(14)2)8-3-4-8)13(25)21-11-10(16)5-9(6-20-11)15(17,18)19/h5-8H,3-4H2,1-2H3,(H,20,21,25)/t7-/m0/s1. The third-order valence-corrected chi connectivity index (χ3v) is 5.29. The van der Waals surface area contributed by atoms with Crippen molar-refractivity contribution in [3.05, 3.63) is 28.7 Å². The summed E-state index contributed by atoms with van der Waals surface area (Å²) >= 11 is 7.01. The number of nitrogens with one attached hydrogen (secondary N) is 1. The molecule has 140 valence electrons. The van der Waals surface area contributed by atoms with E-state index in [9.17, 15) is 18.0 Å². The number of thioether (sulfide) groups is 1. The molecular formula is C15H15ClF3N5OS. The van der Waals surface area contributed by atoms with Gasteiger partial charge in [-0.05, 0) is 25.8 Å². The number of hydrogen-bond donors (Lipinski definition) is 1. The fraction of sp³-hybridized carbons (Fsp3) is 0.467. The van der Waals surface area contributed by atoms with Crippen LogP contribution in [0.15, 0.2) is 17.4 Å². The van der Waals surface area contributed by atoms with Gasteiger partial charge in [-0.15, -0.1) is 10.2 Å². The Morgan fingerprint density at radius 2 is 2.12 bits per heavy atom. The van der Waals surface area contributed by atoms with E-state index in [4.69, 9.17) is 11.6 Å². The molecule has 26 heavy (non-hydrogen) atoms. The first kappa shape index (κ1) is 19.0. The van der Waals surface area contributed by atoms with Crippen LogP contribution in [0.3, 0.4) is 0 Å².